The second kappa shape index (κ2) is 17.5. The molecule has 0 saturated carbocycles. The molecule has 0 atom stereocenters. The van der Waals surface area contributed by atoms with Gasteiger partial charge in [0.05, 0.1) is 0 Å². The summed E-state index contributed by atoms with van der Waals surface area (Å²) in [5, 5.41) is 6.51. The molecule has 0 unspecified atom stereocenters. The predicted octanol–water partition coefficient (Wildman–Crippen LogP) is 6.71. The third-order valence-electron chi connectivity index (χ3n) is 4.67. The lowest BCUT2D eigenvalue weighted by Gasteiger charge is -2.03. The van der Waals surface area contributed by atoms with Crippen molar-refractivity contribution in [1.82, 2.24) is 15.0 Å². The number of nitrogens with two attached hydrogens (primary N) is 1. The first kappa shape index (κ1) is 24.4. The highest BCUT2D eigenvalue weighted by atomic mass is 32.2. The van der Waals surface area contributed by atoms with Crippen molar-refractivity contribution in [1.29, 1.82) is 0 Å². The van der Waals surface area contributed by atoms with Gasteiger partial charge in [-0.05, 0) is 44.1 Å². The van der Waals surface area contributed by atoms with Crippen molar-refractivity contribution >= 4 is 24.6 Å². The van der Waals surface area contributed by atoms with Gasteiger partial charge in [-0.15, -0.1) is 12.6 Å². The first-order chi connectivity index (χ1) is 13.3. The highest BCUT2D eigenvalue weighted by molar-refractivity contribution is 7.96. The van der Waals surface area contributed by atoms with Gasteiger partial charge in [0.2, 0.25) is 5.16 Å². The van der Waals surface area contributed by atoms with Crippen molar-refractivity contribution in [2.75, 3.05) is 0 Å². The van der Waals surface area contributed by atoms with Crippen molar-refractivity contribution in [3.05, 3.63) is 18.0 Å². The van der Waals surface area contributed by atoms with Crippen LogP contribution < -0.4 is 5.14 Å². The molecule has 0 aliphatic carbocycles. The number of rotatable bonds is 17. The van der Waals surface area contributed by atoms with Gasteiger partial charge in [-0.1, -0.05) is 76.9 Å². The van der Waals surface area contributed by atoms with Crippen LogP contribution in [0.3, 0.4) is 0 Å². The van der Waals surface area contributed by atoms with Crippen LogP contribution in [0.5, 0.6) is 0 Å². The van der Waals surface area contributed by atoms with Crippen LogP contribution in [0.1, 0.15) is 103 Å². The van der Waals surface area contributed by atoms with Crippen LogP contribution in [0.4, 0.5) is 0 Å². The van der Waals surface area contributed by atoms with Crippen LogP contribution in [0, 0.1) is 0 Å². The molecule has 2 N–H and O–H groups in total. The van der Waals surface area contributed by atoms with Crippen molar-refractivity contribution in [2.24, 2.45) is 5.14 Å². The lowest BCUT2D eigenvalue weighted by Crippen LogP contribution is -2.01. The minimum absolute atomic E-state index is 0.456. The van der Waals surface area contributed by atoms with E-state index in [9.17, 15) is 0 Å². The third-order valence-corrected chi connectivity index (χ3v) is 5.26. The molecule has 4 nitrogen and oxygen atoms in total. The molecule has 0 radical (unpaired) electrons. The lowest BCUT2D eigenvalue weighted by atomic mass is 10.1. The SMILES string of the molecule is CCCCCCCCC=CCCCCCCCCc1nc(S)nc(SN)n1. The number of hydrogen-bond donors (Lipinski definition) is 2. The normalized spacial score (nSPS) is 11.5. The Hall–Kier alpha value is -0.590. The summed E-state index contributed by atoms with van der Waals surface area (Å²) in [5.41, 5.74) is 0. The van der Waals surface area contributed by atoms with Crippen LogP contribution in [-0.2, 0) is 6.42 Å². The summed E-state index contributed by atoms with van der Waals surface area (Å²) in [6.07, 6.45) is 24.1. The Bertz CT molecular complexity index is 509. The monoisotopic (exact) mass is 410 g/mol. The summed E-state index contributed by atoms with van der Waals surface area (Å²) in [4.78, 5) is 12.6. The van der Waals surface area contributed by atoms with E-state index in [0.717, 1.165) is 30.6 Å². The second-order valence-corrected chi connectivity index (χ2v) is 8.14. The van der Waals surface area contributed by atoms with Gasteiger partial charge in [0.25, 0.3) is 0 Å². The minimum atomic E-state index is 0.456. The molecule has 0 aliphatic rings. The topological polar surface area (TPSA) is 64.7 Å². The maximum atomic E-state index is 5.50. The zero-order valence-electron chi connectivity index (χ0n) is 17.0. The fourth-order valence-electron chi connectivity index (χ4n) is 3.08. The van der Waals surface area contributed by atoms with E-state index in [2.05, 4.69) is 46.7 Å². The molecule has 0 saturated heterocycles. The molecule has 27 heavy (non-hydrogen) atoms. The molecule has 0 amide bonds. The van der Waals surface area contributed by atoms with Gasteiger partial charge in [-0.25, -0.2) is 9.97 Å². The van der Waals surface area contributed by atoms with Gasteiger partial charge >= 0.3 is 0 Å². The van der Waals surface area contributed by atoms with Gasteiger partial charge in [0.15, 0.2) is 5.16 Å². The average molecular weight is 411 g/mol. The van der Waals surface area contributed by atoms with Gasteiger partial charge in [0.1, 0.15) is 5.82 Å². The van der Waals surface area contributed by atoms with E-state index in [-0.39, 0.29) is 0 Å². The molecule has 1 rings (SSSR count). The molecule has 6 heteroatoms. The molecule has 0 aromatic carbocycles. The maximum Gasteiger partial charge on any atom is 0.206 e. The smallest absolute Gasteiger partial charge is 0.206 e. The van der Waals surface area contributed by atoms with Crippen LogP contribution in [0.2, 0.25) is 0 Å². The van der Waals surface area contributed by atoms with Crippen LogP contribution in [0.15, 0.2) is 22.5 Å². The Labute approximate surface area is 176 Å². The number of thiol groups is 1. The summed E-state index contributed by atoms with van der Waals surface area (Å²) in [6.45, 7) is 2.27. The Kier molecular flexibility index (Phi) is 15.8. The Balaban J connectivity index is 1.89. The van der Waals surface area contributed by atoms with Crippen molar-refractivity contribution in [3.63, 3.8) is 0 Å². The third kappa shape index (κ3) is 14.1. The molecule has 0 aliphatic heterocycles. The van der Waals surface area contributed by atoms with Gasteiger partial charge in [-0.2, -0.15) is 4.98 Å². The second-order valence-electron chi connectivity index (χ2n) is 7.14. The van der Waals surface area contributed by atoms with Gasteiger partial charge in [-0.3, -0.25) is 5.14 Å². The van der Waals surface area contributed by atoms with Gasteiger partial charge in [0, 0.05) is 6.42 Å². The molecule has 154 valence electrons. The zero-order valence-corrected chi connectivity index (χ0v) is 18.7. The Morgan fingerprint density at radius 2 is 1.33 bits per heavy atom. The lowest BCUT2D eigenvalue weighted by molar-refractivity contribution is 0.584. The van der Waals surface area contributed by atoms with Crippen molar-refractivity contribution in [3.8, 4) is 0 Å². The number of hydrogen-bond acceptors (Lipinski definition) is 6. The molecule has 0 fully saturated rings. The first-order valence-corrected chi connectivity index (χ1v) is 12.0. The number of nitrogens with zero attached hydrogens (tertiary/aromatic N) is 3. The van der Waals surface area contributed by atoms with E-state index >= 15 is 0 Å². The summed E-state index contributed by atoms with van der Waals surface area (Å²) in [7, 11) is 0. The predicted molar refractivity (Wildman–Crippen MR) is 120 cm³/mol. The Morgan fingerprint density at radius 1 is 0.778 bits per heavy atom. The van der Waals surface area contributed by atoms with Crippen molar-refractivity contribution in [2.45, 2.75) is 114 Å². The molecule has 1 heterocycles. The largest absolute Gasteiger partial charge is 0.271 e. The summed E-state index contributed by atoms with van der Waals surface area (Å²) in [6, 6.07) is 0. The molecule has 0 spiro atoms. The molecule has 0 bridgehead atoms. The fourth-order valence-corrected chi connectivity index (χ4v) is 3.66. The van der Waals surface area contributed by atoms with Crippen LogP contribution in [0.25, 0.3) is 0 Å². The summed E-state index contributed by atoms with van der Waals surface area (Å²) in [5.74, 6) is 0.804. The van der Waals surface area contributed by atoms with E-state index < -0.39 is 0 Å². The first-order valence-electron chi connectivity index (χ1n) is 10.7. The molecule has 1 aromatic heterocycles. The molecular weight excluding hydrogens is 372 g/mol. The maximum absolute atomic E-state index is 5.50. The highest BCUT2D eigenvalue weighted by Crippen LogP contribution is 2.13. The van der Waals surface area contributed by atoms with E-state index in [0.29, 0.717) is 10.3 Å². The van der Waals surface area contributed by atoms with Crippen molar-refractivity contribution < 1.29 is 0 Å². The summed E-state index contributed by atoms with van der Waals surface area (Å²) < 4.78 is 0. The number of unbranched alkanes of at least 4 members (excludes halogenated alkanes) is 12. The number of aromatic nitrogens is 3. The van der Waals surface area contributed by atoms with E-state index in [1.165, 1.54) is 83.5 Å². The van der Waals surface area contributed by atoms with Gasteiger partial charge < -0.3 is 0 Å². The minimum Gasteiger partial charge on any atom is -0.271 e. The van der Waals surface area contributed by atoms with Crippen LogP contribution in [-0.4, -0.2) is 15.0 Å². The standard InChI is InChI=1S/C21H38N4S2/c1-2-3-4-5-6-7-8-9-10-11-12-13-14-15-16-17-18-19-23-20(26)25-21(24-19)27-22/h9-10H,2-8,11-18,22H2,1H3,(H,23,24,25,26). The quantitative estimate of drug-likeness (QED) is 0.129. The Morgan fingerprint density at radius 3 is 1.93 bits per heavy atom. The van der Waals surface area contributed by atoms with E-state index in [1.807, 2.05) is 0 Å². The molecule has 1 aromatic rings. The highest BCUT2D eigenvalue weighted by Gasteiger charge is 2.03. The number of aryl methyl sites for hydroxylation is 1. The van der Waals surface area contributed by atoms with Crippen LogP contribution >= 0.6 is 24.6 Å². The average Bonchev–Trinajstić information content (AvgIpc) is 2.67. The molecular formula is C21H38N4S2. The summed E-state index contributed by atoms with van der Waals surface area (Å²) >= 11 is 5.24. The fraction of sp³-hybridized carbons (Fsp3) is 0.762. The number of allylic oxidation sites excluding steroid dienone is 2. The van der Waals surface area contributed by atoms with E-state index in [4.69, 9.17) is 5.14 Å². The van der Waals surface area contributed by atoms with E-state index in [1.54, 1.807) is 0 Å². The zero-order chi connectivity index (χ0) is 19.6.